The standard InChI is InChI=1S/C14H18N4/c1-14(2,3)13-17-11(8-12(15)18-13)7-10-5-4-6-16-9-10/h4-6,8-9H,7H2,1-3H3,(H2,15,17,18). The smallest absolute Gasteiger partial charge is 0.136 e. The van der Waals surface area contributed by atoms with Crippen molar-refractivity contribution in [2.24, 2.45) is 0 Å². The molecule has 0 unspecified atom stereocenters. The minimum Gasteiger partial charge on any atom is -0.384 e. The largest absolute Gasteiger partial charge is 0.384 e. The third-order valence-corrected chi connectivity index (χ3v) is 2.58. The van der Waals surface area contributed by atoms with Gasteiger partial charge in [0, 0.05) is 30.3 Å². The molecular formula is C14H18N4. The number of hydrogen-bond acceptors (Lipinski definition) is 4. The zero-order valence-corrected chi connectivity index (χ0v) is 11.0. The van der Waals surface area contributed by atoms with Crippen LogP contribution in [0.25, 0.3) is 0 Å². The highest BCUT2D eigenvalue weighted by atomic mass is 15.0. The van der Waals surface area contributed by atoms with E-state index in [1.54, 1.807) is 6.20 Å². The van der Waals surface area contributed by atoms with E-state index in [1.807, 2.05) is 24.4 Å². The summed E-state index contributed by atoms with van der Waals surface area (Å²) in [5, 5.41) is 0. The molecule has 4 nitrogen and oxygen atoms in total. The molecule has 0 amide bonds. The molecule has 0 spiro atoms. The third-order valence-electron chi connectivity index (χ3n) is 2.58. The fourth-order valence-corrected chi connectivity index (χ4v) is 1.66. The lowest BCUT2D eigenvalue weighted by atomic mass is 9.95. The van der Waals surface area contributed by atoms with Gasteiger partial charge in [0.05, 0.1) is 5.69 Å². The lowest BCUT2D eigenvalue weighted by Gasteiger charge is -2.17. The minimum atomic E-state index is -0.0981. The molecule has 2 N–H and O–H groups in total. The van der Waals surface area contributed by atoms with Gasteiger partial charge in [-0.1, -0.05) is 26.8 Å². The highest BCUT2D eigenvalue weighted by molar-refractivity contribution is 5.33. The summed E-state index contributed by atoms with van der Waals surface area (Å²) in [6.45, 7) is 6.24. The molecule has 0 saturated heterocycles. The van der Waals surface area contributed by atoms with Crippen LogP contribution in [-0.4, -0.2) is 15.0 Å². The minimum absolute atomic E-state index is 0.0981. The molecule has 2 aromatic rings. The molecule has 0 radical (unpaired) electrons. The van der Waals surface area contributed by atoms with Gasteiger partial charge in [0.2, 0.25) is 0 Å². The number of nitrogens with zero attached hydrogens (tertiary/aromatic N) is 3. The lowest BCUT2D eigenvalue weighted by Crippen LogP contribution is -2.18. The average molecular weight is 242 g/mol. The Morgan fingerprint density at radius 2 is 2.00 bits per heavy atom. The first-order valence-corrected chi connectivity index (χ1v) is 5.98. The van der Waals surface area contributed by atoms with E-state index in [0.29, 0.717) is 5.82 Å². The van der Waals surface area contributed by atoms with Gasteiger partial charge in [-0.05, 0) is 11.6 Å². The van der Waals surface area contributed by atoms with E-state index < -0.39 is 0 Å². The number of pyridine rings is 1. The van der Waals surface area contributed by atoms with Crippen molar-refractivity contribution < 1.29 is 0 Å². The summed E-state index contributed by atoms with van der Waals surface area (Å²) in [4.78, 5) is 13.0. The third kappa shape index (κ3) is 3.03. The van der Waals surface area contributed by atoms with Crippen molar-refractivity contribution in [1.82, 2.24) is 15.0 Å². The predicted molar refractivity (Wildman–Crippen MR) is 72.2 cm³/mol. The Morgan fingerprint density at radius 1 is 1.22 bits per heavy atom. The van der Waals surface area contributed by atoms with Gasteiger partial charge in [-0.3, -0.25) is 4.98 Å². The molecular weight excluding hydrogens is 224 g/mol. The number of rotatable bonds is 2. The van der Waals surface area contributed by atoms with E-state index in [0.717, 1.165) is 23.5 Å². The SMILES string of the molecule is CC(C)(C)c1nc(N)cc(Cc2cccnc2)n1. The molecule has 0 aliphatic carbocycles. The first kappa shape index (κ1) is 12.5. The number of anilines is 1. The quantitative estimate of drug-likeness (QED) is 0.878. The molecule has 0 bridgehead atoms. The summed E-state index contributed by atoms with van der Waals surface area (Å²) in [6, 6.07) is 5.77. The Labute approximate surface area is 107 Å². The van der Waals surface area contributed by atoms with Gasteiger partial charge in [0.1, 0.15) is 11.6 Å². The Morgan fingerprint density at radius 3 is 2.61 bits per heavy atom. The van der Waals surface area contributed by atoms with E-state index >= 15 is 0 Å². The van der Waals surface area contributed by atoms with Gasteiger partial charge in [0.15, 0.2) is 0 Å². The normalized spacial score (nSPS) is 11.5. The number of hydrogen-bond donors (Lipinski definition) is 1. The van der Waals surface area contributed by atoms with Crippen LogP contribution in [0.2, 0.25) is 0 Å². The van der Waals surface area contributed by atoms with E-state index in [-0.39, 0.29) is 5.41 Å². The maximum Gasteiger partial charge on any atom is 0.136 e. The van der Waals surface area contributed by atoms with E-state index in [1.165, 1.54) is 0 Å². The first-order chi connectivity index (χ1) is 8.45. The zero-order chi connectivity index (χ0) is 13.2. The van der Waals surface area contributed by atoms with Crippen molar-refractivity contribution in [2.75, 3.05) is 5.73 Å². The van der Waals surface area contributed by atoms with Crippen molar-refractivity contribution in [3.8, 4) is 0 Å². The molecule has 2 heterocycles. The topological polar surface area (TPSA) is 64.7 Å². The Hall–Kier alpha value is -1.97. The Kier molecular flexibility index (Phi) is 3.28. The van der Waals surface area contributed by atoms with Crippen LogP contribution in [-0.2, 0) is 11.8 Å². The summed E-state index contributed by atoms with van der Waals surface area (Å²) in [6.07, 6.45) is 4.33. The van der Waals surface area contributed by atoms with Gasteiger partial charge >= 0.3 is 0 Å². The predicted octanol–water partition coefficient (Wildman–Crippen LogP) is 2.34. The number of aromatic nitrogens is 3. The Balaban J connectivity index is 2.32. The van der Waals surface area contributed by atoms with Crippen molar-refractivity contribution in [1.29, 1.82) is 0 Å². The molecule has 0 atom stereocenters. The van der Waals surface area contributed by atoms with Crippen molar-refractivity contribution in [3.63, 3.8) is 0 Å². The summed E-state index contributed by atoms with van der Waals surface area (Å²) >= 11 is 0. The summed E-state index contributed by atoms with van der Waals surface area (Å²) in [5.74, 6) is 1.30. The average Bonchev–Trinajstić information content (AvgIpc) is 2.28. The van der Waals surface area contributed by atoms with Crippen LogP contribution in [0.5, 0.6) is 0 Å². The molecule has 0 aliphatic heterocycles. The summed E-state index contributed by atoms with van der Waals surface area (Å²) < 4.78 is 0. The molecule has 0 aliphatic rings. The van der Waals surface area contributed by atoms with Crippen molar-refractivity contribution >= 4 is 5.82 Å². The van der Waals surface area contributed by atoms with Crippen LogP contribution in [0.15, 0.2) is 30.6 Å². The molecule has 0 aromatic carbocycles. The van der Waals surface area contributed by atoms with E-state index in [2.05, 4.69) is 35.7 Å². The molecule has 4 heteroatoms. The van der Waals surface area contributed by atoms with Crippen LogP contribution in [0, 0.1) is 0 Å². The molecule has 18 heavy (non-hydrogen) atoms. The van der Waals surface area contributed by atoms with Crippen LogP contribution < -0.4 is 5.73 Å². The molecule has 94 valence electrons. The number of nitrogens with two attached hydrogens (primary N) is 1. The van der Waals surface area contributed by atoms with Crippen LogP contribution in [0.4, 0.5) is 5.82 Å². The van der Waals surface area contributed by atoms with E-state index in [9.17, 15) is 0 Å². The zero-order valence-electron chi connectivity index (χ0n) is 11.0. The summed E-state index contributed by atoms with van der Waals surface area (Å²) in [7, 11) is 0. The Bertz CT molecular complexity index is 529. The van der Waals surface area contributed by atoms with Crippen molar-refractivity contribution in [3.05, 3.63) is 47.7 Å². The van der Waals surface area contributed by atoms with Crippen molar-refractivity contribution in [2.45, 2.75) is 32.6 Å². The maximum absolute atomic E-state index is 5.84. The van der Waals surface area contributed by atoms with Gasteiger partial charge < -0.3 is 5.73 Å². The summed E-state index contributed by atoms with van der Waals surface area (Å²) in [5.41, 5.74) is 7.80. The van der Waals surface area contributed by atoms with Crippen LogP contribution in [0.1, 0.15) is 37.9 Å². The fourth-order valence-electron chi connectivity index (χ4n) is 1.66. The van der Waals surface area contributed by atoms with Crippen LogP contribution in [0.3, 0.4) is 0 Å². The lowest BCUT2D eigenvalue weighted by molar-refractivity contribution is 0.543. The number of nitrogen functional groups attached to an aromatic ring is 1. The van der Waals surface area contributed by atoms with Crippen LogP contribution >= 0.6 is 0 Å². The molecule has 0 saturated carbocycles. The highest BCUT2D eigenvalue weighted by Crippen LogP contribution is 2.20. The second kappa shape index (κ2) is 4.72. The van der Waals surface area contributed by atoms with Gasteiger partial charge in [-0.25, -0.2) is 9.97 Å². The molecule has 2 rings (SSSR count). The second-order valence-electron chi connectivity index (χ2n) is 5.40. The monoisotopic (exact) mass is 242 g/mol. The fraction of sp³-hybridized carbons (Fsp3) is 0.357. The maximum atomic E-state index is 5.84. The van der Waals surface area contributed by atoms with Gasteiger partial charge in [-0.2, -0.15) is 0 Å². The molecule has 2 aromatic heterocycles. The second-order valence-corrected chi connectivity index (χ2v) is 5.40. The van der Waals surface area contributed by atoms with E-state index in [4.69, 9.17) is 5.73 Å². The highest BCUT2D eigenvalue weighted by Gasteiger charge is 2.18. The first-order valence-electron chi connectivity index (χ1n) is 5.98. The van der Waals surface area contributed by atoms with Gasteiger partial charge in [0.25, 0.3) is 0 Å². The van der Waals surface area contributed by atoms with Gasteiger partial charge in [-0.15, -0.1) is 0 Å². The molecule has 0 fully saturated rings.